The van der Waals surface area contributed by atoms with E-state index in [1.807, 2.05) is 19.0 Å². The zero-order chi connectivity index (χ0) is 17.4. The summed E-state index contributed by atoms with van der Waals surface area (Å²) in [6.45, 7) is 3.11. The van der Waals surface area contributed by atoms with Gasteiger partial charge >= 0.3 is 0 Å². The quantitative estimate of drug-likeness (QED) is 0.713. The molecular formula is C21H34N2O. The molecule has 1 aliphatic rings. The maximum absolute atomic E-state index is 12.3. The SMILES string of the molecule is CCCCCC(=O)N(C)C1CCC(c2ccc(CNC)cc2)CC1. The zero-order valence-electron chi connectivity index (χ0n) is 15.7. The molecule has 1 fully saturated rings. The Labute approximate surface area is 147 Å². The van der Waals surface area contributed by atoms with Crippen LogP contribution in [0.25, 0.3) is 0 Å². The van der Waals surface area contributed by atoms with Crippen LogP contribution in [-0.4, -0.2) is 30.9 Å². The van der Waals surface area contributed by atoms with Gasteiger partial charge in [0.2, 0.25) is 5.91 Å². The Morgan fingerprint density at radius 1 is 1.12 bits per heavy atom. The van der Waals surface area contributed by atoms with Gasteiger partial charge in [-0.1, -0.05) is 44.0 Å². The summed E-state index contributed by atoms with van der Waals surface area (Å²) >= 11 is 0. The summed E-state index contributed by atoms with van der Waals surface area (Å²) in [6, 6.07) is 9.50. The van der Waals surface area contributed by atoms with Gasteiger partial charge in [0, 0.05) is 26.1 Å². The van der Waals surface area contributed by atoms with Crippen LogP contribution < -0.4 is 5.32 Å². The second-order valence-electron chi connectivity index (χ2n) is 7.24. The van der Waals surface area contributed by atoms with Gasteiger partial charge < -0.3 is 10.2 Å². The molecule has 1 N–H and O–H groups in total. The molecule has 0 heterocycles. The highest BCUT2D eigenvalue weighted by atomic mass is 16.2. The van der Waals surface area contributed by atoms with Crippen molar-refractivity contribution >= 4 is 5.91 Å². The van der Waals surface area contributed by atoms with Gasteiger partial charge in [0.05, 0.1) is 0 Å². The summed E-state index contributed by atoms with van der Waals surface area (Å²) in [5.74, 6) is 0.997. The first kappa shape index (κ1) is 19.0. The van der Waals surface area contributed by atoms with E-state index in [-0.39, 0.29) is 0 Å². The predicted octanol–water partition coefficient (Wildman–Crippen LogP) is 4.47. The summed E-state index contributed by atoms with van der Waals surface area (Å²) in [5.41, 5.74) is 2.80. The van der Waals surface area contributed by atoms with Gasteiger partial charge in [0.1, 0.15) is 0 Å². The third-order valence-corrected chi connectivity index (χ3v) is 5.46. The maximum atomic E-state index is 12.3. The van der Waals surface area contributed by atoms with Gasteiger partial charge in [-0.25, -0.2) is 0 Å². The second kappa shape index (κ2) is 9.83. The first-order valence-corrected chi connectivity index (χ1v) is 9.64. The molecule has 1 aliphatic carbocycles. The van der Waals surface area contributed by atoms with Gasteiger partial charge in [0.15, 0.2) is 0 Å². The van der Waals surface area contributed by atoms with E-state index in [0.29, 0.717) is 17.9 Å². The van der Waals surface area contributed by atoms with Gasteiger partial charge in [-0.15, -0.1) is 0 Å². The average molecular weight is 331 g/mol. The number of benzene rings is 1. The minimum Gasteiger partial charge on any atom is -0.343 e. The Bertz CT molecular complexity index is 489. The lowest BCUT2D eigenvalue weighted by Gasteiger charge is -2.35. The summed E-state index contributed by atoms with van der Waals surface area (Å²) in [5, 5.41) is 3.19. The smallest absolute Gasteiger partial charge is 0.222 e. The van der Waals surface area contributed by atoms with Crippen molar-refractivity contribution in [1.82, 2.24) is 10.2 Å². The van der Waals surface area contributed by atoms with Gasteiger partial charge in [-0.2, -0.15) is 0 Å². The van der Waals surface area contributed by atoms with E-state index in [2.05, 4.69) is 36.5 Å². The highest BCUT2D eigenvalue weighted by molar-refractivity contribution is 5.76. The minimum atomic E-state index is 0.336. The molecule has 3 heteroatoms. The average Bonchev–Trinajstić information content (AvgIpc) is 2.62. The molecule has 0 aromatic heterocycles. The summed E-state index contributed by atoms with van der Waals surface area (Å²) < 4.78 is 0. The van der Waals surface area contributed by atoms with E-state index in [9.17, 15) is 4.79 Å². The van der Waals surface area contributed by atoms with Crippen LogP contribution in [0.2, 0.25) is 0 Å². The largest absolute Gasteiger partial charge is 0.343 e. The molecule has 1 aromatic rings. The van der Waals surface area contributed by atoms with E-state index in [1.165, 1.54) is 30.4 Å². The van der Waals surface area contributed by atoms with E-state index in [0.717, 1.165) is 38.6 Å². The molecular weight excluding hydrogens is 296 g/mol. The van der Waals surface area contributed by atoms with E-state index >= 15 is 0 Å². The topological polar surface area (TPSA) is 32.3 Å². The standard InChI is InChI=1S/C21H34N2O/c1-4-5-6-7-21(24)23(3)20-14-12-19(13-15-20)18-10-8-17(9-11-18)16-22-2/h8-11,19-20,22H,4-7,12-16H2,1-3H3. The molecule has 3 nitrogen and oxygen atoms in total. The maximum Gasteiger partial charge on any atom is 0.222 e. The Kier molecular flexibility index (Phi) is 7.77. The number of amides is 1. The number of hydrogen-bond acceptors (Lipinski definition) is 2. The first-order chi connectivity index (χ1) is 11.7. The number of unbranched alkanes of at least 4 members (excludes halogenated alkanes) is 2. The van der Waals surface area contributed by atoms with Crippen molar-refractivity contribution in [2.24, 2.45) is 0 Å². The molecule has 1 aromatic carbocycles. The molecule has 0 atom stereocenters. The third kappa shape index (κ3) is 5.34. The van der Waals surface area contributed by atoms with Crippen LogP contribution in [0.3, 0.4) is 0 Å². The lowest BCUT2D eigenvalue weighted by molar-refractivity contribution is -0.132. The fraction of sp³-hybridized carbons (Fsp3) is 0.667. The lowest BCUT2D eigenvalue weighted by Crippen LogP contribution is -2.39. The van der Waals surface area contributed by atoms with Crippen molar-refractivity contribution in [1.29, 1.82) is 0 Å². The van der Waals surface area contributed by atoms with Gasteiger partial charge in [-0.05, 0) is 56.2 Å². The number of hydrogen-bond donors (Lipinski definition) is 1. The molecule has 2 rings (SSSR count). The monoisotopic (exact) mass is 330 g/mol. The summed E-state index contributed by atoms with van der Waals surface area (Å²) in [4.78, 5) is 14.3. The van der Waals surface area contributed by atoms with Crippen molar-refractivity contribution < 1.29 is 4.79 Å². The van der Waals surface area contributed by atoms with Crippen molar-refractivity contribution in [3.63, 3.8) is 0 Å². The Balaban J connectivity index is 1.81. The summed E-state index contributed by atoms with van der Waals surface area (Å²) in [6.07, 6.45) is 8.76. The molecule has 0 spiro atoms. The molecule has 0 bridgehead atoms. The van der Waals surface area contributed by atoms with Gasteiger partial charge in [0.25, 0.3) is 0 Å². The van der Waals surface area contributed by atoms with Crippen LogP contribution in [0, 0.1) is 0 Å². The molecule has 134 valence electrons. The highest BCUT2D eigenvalue weighted by Gasteiger charge is 2.26. The highest BCUT2D eigenvalue weighted by Crippen LogP contribution is 2.34. The van der Waals surface area contributed by atoms with Crippen LogP contribution in [0.15, 0.2) is 24.3 Å². The number of carbonyl (C=O) groups is 1. The Morgan fingerprint density at radius 2 is 1.79 bits per heavy atom. The van der Waals surface area contributed by atoms with Crippen molar-refractivity contribution in [3.8, 4) is 0 Å². The fourth-order valence-electron chi connectivity index (χ4n) is 3.81. The lowest BCUT2D eigenvalue weighted by atomic mass is 9.81. The molecule has 0 unspecified atom stereocenters. The van der Waals surface area contributed by atoms with Crippen LogP contribution in [-0.2, 0) is 11.3 Å². The molecule has 0 saturated heterocycles. The normalized spacial score (nSPS) is 20.8. The van der Waals surface area contributed by atoms with Crippen molar-refractivity contribution in [2.75, 3.05) is 14.1 Å². The van der Waals surface area contributed by atoms with Crippen LogP contribution in [0.5, 0.6) is 0 Å². The molecule has 1 amide bonds. The minimum absolute atomic E-state index is 0.336. The molecule has 0 radical (unpaired) electrons. The Hall–Kier alpha value is -1.35. The van der Waals surface area contributed by atoms with Crippen LogP contribution >= 0.6 is 0 Å². The second-order valence-corrected chi connectivity index (χ2v) is 7.24. The number of rotatable bonds is 8. The Morgan fingerprint density at radius 3 is 2.38 bits per heavy atom. The number of nitrogens with one attached hydrogen (secondary N) is 1. The molecule has 1 saturated carbocycles. The van der Waals surface area contributed by atoms with E-state index in [1.54, 1.807) is 0 Å². The molecule has 0 aliphatic heterocycles. The van der Waals surface area contributed by atoms with E-state index in [4.69, 9.17) is 0 Å². The first-order valence-electron chi connectivity index (χ1n) is 9.64. The van der Waals surface area contributed by atoms with Crippen LogP contribution in [0.1, 0.15) is 75.3 Å². The predicted molar refractivity (Wildman–Crippen MR) is 101 cm³/mol. The molecule has 24 heavy (non-hydrogen) atoms. The number of nitrogens with zero attached hydrogens (tertiary/aromatic N) is 1. The zero-order valence-corrected chi connectivity index (χ0v) is 15.7. The summed E-state index contributed by atoms with van der Waals surface area (Å²) in [7, 11) is 3.99. The van der Waals surface area contributed by atoms with Crippen LogP contribution in [0.4, 0.5) is 0 Å². The number of carbonyl (C=O) groups excluding carboxylic acids is 1. The van der Waals surface area contributed by atoms with Gasteiger partial charge in [-0.3, -0.25) is 4.79 Å². The van der Waals surface area contributed by atoms with Crippen molar-refractivity contribution in [3.05, 3.63) is 35.4 Å². The third-order valence-electron chi connectivity index (χ3n) is 5.46. The fourth-order valence-corrected chi connectivity index (χ4v) is 3.81. The van der Waals surface area contributed by atoms with Crippen molar-refractivity contribution in [2.45, 2.75) is 76.8 Å². The van der Waals surface area contributed by atoms with E-state index < -0.39 is 0 Å².